The van der Waals surface area contributed by atoms with Crippen LogP contribution in [-0.4, -0.2) is 221 Å². The Balaban J connectivity index is 1.56. The van der Waals surface area contributed by atoms with E-state index in [0.29, 0.717) is 0 Å². The molecule has 21 heteroatoms. The van der Waals surface area contributed by atoms with Gasteiger partial charge in [-0.05, 0) is 0 Å². The van der Waals surface area contributed by atoms with E-state index < -0.39 is 149 Å². The molecule has 0 aromatic heterocycles. The van der Waals surface area contributed by atoms with Gasteiger partial charge in [0.15, 0.2) is 25.2 Å². The van der Waals surface area contributed by atoms with E-state index in [0.717, 1.165) is 0 Å². The summed E-state index contributed by atoms with van der Waals surface area (Å²) in [6, 6.07) is 0. The molecule has 0 spiro atoms. The molecule has 4 heterocycles. The summed E-state index contributed by atoms with van der Waals surface area (Å²) in [5.74, 6) is 0. The van der Waals surface area contributed by atoms with Crippen molar-refractivity contribution in [1.82, 2.24) is 0 Å². The Labute approximate surface area is 254 Å². The maximum Gasteiger partial charge on any atom is 0.187 e. The lowest BCUT2D eigenvalue weighted by Gasteiger charge is -2.49. The fourth-order valence-electron chi connectivity index (χ4n) is 5.51. The highest BCUT2D eigenvalue weighted by molar-refractivity contribution is 4.97. The smallest absolute Gasteiger partial charge is 0.187 e. The van der Waals surface area contributed by atoms with E-state index in [9.17, 15) is 71.5 Å². The summed E-state index contributed by atoms with van der Waals surface area (Å²) in [5, 5.41) is 143. The Bertz CT molecular complexity index is 914. The van der Waals surface area contributed by atoms with Gasteiger partial charge in [-0.2, -0.15) is 0 Å². The molecule has 21 nitrogen and oxygen atoms in total. The highest BCUT2D eigenvalue weighted by Crippen LogP contribution is 2.34. The van der Waals surface area contributed by atoms with Crippen molar-refractivity contribution in [2.45, 2.75) is 123 Å². The second kappa shape index (κ2) is 15.6. The Kier molecular flexibility index (Phi) is 12.8. The molecule has 0 saturated carbocycles. The molecule has 20 atom stereocenters. The van der Waals surface area contributed by atoms with Crippen LogP contribution in [-0.2, 0) is 33.2 Å². The van der Waals surface area contributed by atoms with Crippen molar-refractivity contribution < 1.29 is 105 Å². The predicted molar refractivity (Wildman–Crippen MR) is 134 cm³/mol. The Morgan fingerprint density at radius 1 is 0.333 bits per heavy atom. The maximum absolute atomic E-state index is 11.2. The number of aliphatic hydroxyl groups excluding tert-OH is 14. The van der Waals surface area contributed by atoms with E-state index >= 15 is 0 Å². The molecule has 4 saturated heterocycles. The van der Waals surface area contributed by atoms with Crippen LogP contribution in [0.2, 0.25) is 0 Å². The Morgan fingerprint density at radius 3 is 1.16 bits per heavy atom. The van der Waals surface area contributed by atoms with Gasteiger partial charge in [0.2, 0.25) is 0 Å². The molecular formula is C24H42O21. The highest BCUT2D eigenvalue weighted by Gasteiger charge is 2.55. The first-order valence-electron chi connectivity index (χ1n) is 14.1. The average molecular weight is 667 g/mol. The van der Waals surface area contributed by atoms with E-state index in [1.54, 1.807) is 0 Å². The second-order valence-electron chi connectivity index (χ2n) is 11.1. The van der Waals surface area contributed by atoms with Crippen molar-refractivity contribution in [3.8, 4) is 0 Å². The lowest BCUT2D eigenvalue weighted by Crippen LogP contribution is -2.67. The molecule has 264 valence electrons. The summed E-state index contributed by atoms with van der Waals surface area (Å²) >= 11 is 0. The first-order chi connectivity index (χ1) is 21.3. The van der Waals surface area contributed by atoms with E-state index in [2.05, 4.69) is 0 Å². The molecule has 4 aliphatic rings. The average Bonchev–Trinajstić information content (AvgIpc) is 3.03. The van der Waals surface area contributed by atoms with Crippen molar-refractivity contribution in [3.63, 3.8) is 0 Å². The van der Waals surface area contributed by atoms with E-state index in [4.69, 9.17) is 33.2 Å². The lowest BCUT2D eigenvalue weighted by molar-refractivity contribution is -0.399. The topological polar surface area (TPSA) is 348 Å². The van der Waals surface area contributed by atoms with E-state index in [1.807, 2.05) is 0 Å². The summed E-state index contributed by atoms with van der Waals surface area (Å²) < 4.78 is 38.1. The van der Waals surface area contributed by atoms with Crippen molar-refractivity contribution in [3.05, 3.63) is 0 Å². The molecule has 0 aliphatic carbocycles. The molecule has 0 aromatic rings. The van der Waals surface area contributed by atoms with Crippen molar-refractivity contribution >= 4 is 0 Å². The molecule has 14 N–H and O–H groups in total. The summed E-state index contributed by atoms with van der Waals surface area (Å²) in [7, 11) is 0. The van der Waals surface area contributed by atoms with Gasteiger partial charge >= 0.3 is 0 Å². The predicted octanol–water partition coefficient (Wildman–Crippen LogP) is -9.75. The zero-order valence-electron chi connectivity index (χ0n) is 23.5. The number of ether oxygens (including phenoxy) is 7. The van der Waals surface area contributed by atoms with Gasteiger partial charge in [-0.1, -0.05) is 0 Å². The van der Waals surface area contributed by atoms with Gasteiger partial charge in [-0.15, -0.1) is 0 Å². The second-order valence-corrected chi connectivity index (χ2v) is 11.1. The SMILES string of the molecule is OC[C@H]1O[C@@H](O[C@H]2[C@H](O)[C@H](O[C@H]3O[C@H](CO)[C@@H](O)[C@H](O)[C@@H]3O[C@H]3O[C@H](CO)[C@@H](O)[C@H](O)[C@@H]3O)[C@@H](O)O[C@@H]2CO)[C@H](O)[C@@H](O)[C@H]1O. The summed E-state index contributed by atoms with van der Waals surface area (Å²) in [4.78, 5) is 0. The van der Waals surface area contributed by atoms with E-state index in [-0.39, 0.29) is 0 Å². The minimum atomic E-state index is -2.07. The maximum atomic E-state index is 11.2. The van der Waals surface area contributed by atoms with Crippen LogP contribution < -0.4 is 0 Å². The van der Waals surface area contributed by atoms with Crippen LogP contribution in [0, 0.1) is 0 Å². The number of hydrogen-bond acceptors (Lipinski definition) is 21. The largest absolute Gasteiger partial charge is 0.394 e. The van der Waals surface area contributed by atoms with Gasteiger partial charge < -0.3 is 105 Å². The molecule has 4 fully saturated rings. The number of rotatable bonds is 10. The molecule has 4 aliphatic heterocycles. The molecular weight excluding hydrogens is 624 g/mol. The minimum absolute atomic E-state index is 0.808. The normalized spacial score (nSPS) is 52.9. The molecule has 0 radical (unpaired) electrons. The third-order valence-corrected chi connectivity index (χ3v) is 8.21. The summed E-state index contributed by atoms with van der Waals surface area (Å²) in [6.45, 7) is -3.41. The standard InChI is InChI=1S/C24H42O21/c25-1-5-9(29)12(32)15(35)22(40-5)43-18-8(4-28)39-21(38)19(17(18)37)44-24-20(14(34)11(31)7(3-27)42-24)45-23-16(36)13(33)10(30)6(2-26)41-23/h5-38H,1-4H2/t5-,6-,7-,8-,9+,10-,11-,12+,13+,14+,15-,16+,17+,18-,19+,20+,21+,22+,23-,24-/m1/s1. The van der Waals surface area contributed by atoms with Crippen LogP contribution in [0.3, 0.4) is 0 Å². The summed E-state index contributed by atoms with van der Waals surface area (Å²) in [6.07, 6.45) is -36.2. The third kappa shape index (κ3) is 7.44. The van der Waals surface area contributed by atoms with Gasteiger partial charge in [0.25, 0.3) is 0 Å². The Hall–Kier alpha value is -0.840. The molecule has 0 amide bonds. The van der Waals surface area contributed by atoms with Crippen molar-refractivity contribution in [2.24, 2.45) is 0 Å². The van der Waals surface area contributed by atoms with Gasteiger partial charge in [-0.25, -0.2) is 0 Å². The zero-order valence-corrected chi connectivity index (χ0v) is 23.5. The molecule has 0 bridgehead atoms. The van der Waals surface area contributed by atoms with E-state index in [1.165, 1.54) is 0 Å². The van der Waals surface area contributed by atoms with Crippen molar-refractivity contribution in [1.29, 1.82) is 0 Å². The lowest BCUT2D eigenvalue weighted by atomic mass is 9.96. The van der Waals surface area contributed by atoms with Crippen LogP contribution >= 0.6 is 0 Å². The monoisotopic (exact) mass is 666 g/mol. The van der Waals surface area contributed by atoms with Gasteiger partial charge in [0, 0.05) is 0 Å². The molecule has 0 aromatic carbocycles. The van der Waals surface area contributed by atoms with Crippen LogP contribution in [0.15, 0.2) is 0 Å². The van der Waals surface area contributed by atoms with Crippen molar-refractivity contribution in [2.75, 3.05) is 26.4 Å². The number of aliphatic hydroxyl groups is 14. The first-order valence-corrected chi connectivity index (χ1v) is 14.1. The molecule has 0 unspecified atom stereocenters. The van der Waals surface area contributed by atoms with Gasteiger partial charge in [0.05, 0.1) is 26.4 Å². The van der Waals surface area contributed by atoms with Crippen LogP contribution in [0.1, 0.15) is 0 Å². The highest BCUT2D eigenvalue weighted by atomic mass is 16.8. The summed E-state index contributed by atoms with van der Waals surface area (Å²) in [5.41, 5.74) is 0. The zero-order chi connectivity index (χ0) is 33.3. The first kappa shape index (κ1) is 37.0. The fourth-order valence-corrected chi connectivity index (χ4v) is 5.51. The molecule has 4 rings (SSSR count). The van der Waals surface area contributed by atoms with Crippen LogP contribution in [0.4, 0.5) is 0 Å². The molecule has 45 heavy (non-hydrogen) atoms. The van der Waals surface area contributed by atoms with Gasteiger partial charge in [-0.3, -0.25) is 0 Å². The van der Waals surface area contributed by atoms with Crippen LogP contribution in [0.25, 0.3) is 0 Å². The Morgan fingerprint density at radius 2 is 0.711 bits per heavy atom. The minimum Gasteiger partial charge on any atom is -0.394 e. The third-order valence-electron chi connectivity index (χ3n) is 8.21. The quantitative estimate of drug-likeness (QED) is 0.103. The van der Waals surface area contributed by atoms with Gasteiger partial charge in [0.1, 0.15) is 97.7 Å². The number of hydrogen-bond donors (Lipinski definition) is 14. The fraction of sp³-hybridized carbons (Fsp3) is 1.00. The van der Waals surface area contributed by atoms with Crippen LogP contribution in [0.5, 0.6) is 0 Å².